The maximum absolute atomic E-state index is 11.8. The molecule has 0 aromatic heterocycles. The Morgan fingerprint density at radius 1 is 1.28 bits per heavy atom. The highest BCUT2D eigenvalue weighted by Crippen LogP contribution is 2.20. The molecule has 6 heteroatoms. The molecule has 0 unspecified atom stereocenters. The fourth-order valence-corrected chi connectivity index (χ4v) is 1.23. The zero-order chi connectivity index (χ0) is 13.7. The Labute approximate surface area is 105 Å². The van der Waals surface area contributed by atoms with Crippen LogP contribution in [0.15, 0.2) is 18.2 Å². The number of ether oxygens (including phenoxy) is 1. The number of rotatable bonds is 3. The molecule has 0 atom stereocenters. The minimum absolute atomic E-state index is 0.215. The monoisotopic (exact) mass is 251 g/mol. The van der Waals surface area contributed by atoms with Gasteiger partial charge >= 0.3 is 0 Å². The number of anilines is 1. The summed E-state index contributed by atoms with van der Waals surface area (Å²) in [6, 6.07) is 4.70. The lowest BCUT2D eigenvalue weighted by Gasteiger charge is -2.12. The molecule has 4 N–H and O–H groups in total. The van der Waals surface area contributed by atoms with Crippen LogP contribution in [0.2, 0.25) is 0 Å². The molecule has 0 saturated heterocycles. The van der Waals surface area contributed by atoms with Gasteiger partial charge in [0.25, 0.3) is 5.91 Å². The molecule has 1 aromatic carbocycles. The number of methoxy groups -OCH3 is 1. The Bertz CT molecular complexity index is 458. The molecule has 1 aromatic rings. The van der Waals surface area contributed by atoms with E-state index in [4.69, 9.17) is 10.5 Å². The number of nitrogens with one attached hydrogen (secondary N) is 2. The van der Waals surface area contributed by atoms with Crippen molar-refractivity contribution in [3.63, 3.8) is 0 Å². The van der Waals surface area contributed by atoms with Crippen LogP contribution in [-0.4, -0.2) is 18.9 Å². The third-order valence-electron chi connectivity index (χ3n) is 2.29. The minimum atomic E-state index is -0.479. The van der Waals surface area contributed by atoms with E-state index < -0.39 is 5.91 Å². The van der Waals surface area contributed by atoms with Gasteiger partial charge in [0.15, 0.2) is 0 Å². The second-order valence-corrected chi connectivity index (χ2v) is 4.06. The Morgan fingerprint density at radius 3 is 2.50 bits per heavy atom. The first kappa shape index (κ1) is 13.8. The number of benzene rings is 1. The number of amides is 2. The lowest BCUT2D eigenvalue weighted by atomic mass is 10.1. The van der Waals surface area contributed by atoms with Crippen LogP contribution < -0.4 is 21.3 Å². The maximum Gasteiger partial charge on any atom is 0.273 e. The minimum Gasteiger partial charge on any atom is -0.496 e. The van der Waals surface area contributed by atoms with Gasteiger partial charge in [-0.2, -0.15) is 0 Å². The van der Waals surface area contributed by atoms with Crippen molar-refractivity contribution in [3.8, 4) is 5.75 Å². The van der Waals surface area contributed by atoms with Gasteiger partial charge in [0.05, 0.1) is 12.7 Å². The Hall–Kier alpha value is -2.24. The fraction of sp³-hybridized carbons (Fsp3) is 0.333. The van der Waals surface area contributed by atoms with Crippen LogP contribution in [0.3, 0.4) is 0 Å². The van der Waals surface area contributed by atoms with E-state index in [1.807, 2.05) is 0 Å². The van der Waals surface area contributed by atoms with Gasteiger partial charge in [0, 0.05) is 11.6 Å². The van der Waals surface area contributed by atoms with Gasteiger partial charge in [-0.1, -0.05) is 13.8 Å². The van der Waals surface area contributed by atoms with Crippen LogP contribution in [0, 0.1) is 5.92 Å². The molecular weight excluding hydrogens is 234 g/mol. The lowest BCUT2D eigenvalue weighted by Crippen LogP contribution is -2.43. The summed E-state index contributed by atoms with van der Waals surface area (Å²) < 4.78 is 5.05. The molecule has 0 aliphatic heterocycles. The predicted octanol–water partition coefficient (Wildman–Crippen LogP) is 0.694. The quantitative estimate of drug-likeness (QED) is 0.544. The van der Waals surface area contributed by atoms with Crippen LogP contribution in [0.4, 0.5) is 5.69 Å². The normalized spacial score (nSPS) is 10.0. The molecule has 2 amide bonds. The molecule has 1 rings (SSSR count). The summed E-state index contributed by atoms with van der Waals surface area (Å²) in [7, 11) is 1.45. The van der Waals surface area contributed by atoms with Crippen molar-refractivity contribution in [2.45, 2.75) is 13.8 Å². The van der Waals surface area contributed by atoms with Crippen molar-refractivity contribution in [2.75, 3.05) is 12.8 Å². The summed E-state index contributed by atoms with van der Waals surface area (Å²) in [5, 5.41) is 0. The van der Waals surface area contributed by atoms with E-state index in [0.717, 1.165) is 0 Å². The molecule has 0 spiro atoms. The summed E-state index contributed by atoms with van der Waals surface area (Å²) in [5.74, 6) is -0.576. The van der Waals surface area contributed by atoms with E-state index in [1.54, 1.807) is 26.0 Å². The summed E-state index contributed by atoms with van der Waals surface area (Å²) >= 11 is 0. The fourth-order valence-electron chi connectivity index (χ4n) is 1.23. The first-order chi connectivity index (χ1) is 8.45. The average Bonchev–Trinajstić information content (AvgIpc) is 2.35. The van der Waals surface area contributed by atoms with E-state index in [-0.39, 0.29) is 17.4 Å². The summed E-state index contributed by atoms with van der Waals surface area (Å²) in [5.41, 5.74) is 10.9. The Morgan fingerprint density at radius 2 is 1.94 bits per heavy atom. The van der Waals surface area contributed by atoms with E-state index in [1.165, 1.54) is 13.2 Å². The highest BCUT2D eigenvalue weighted by Gasteiger charge is 2.14. The van der Waals surface area contributed by atoms with Gasteiger partial charge in [0.1, 0.15) is 5.75 Å². The van der Waals surface area contributed by atoms with Crippen molar-refractivity contribution in [3.05, 3.63) is 23.8 Å². The number of hydrogen-bond acceptors (Lipinski definition) is 4. The highest BCUT2D eigenvalue weighted by molar-refractivity contribution is 5.98. The van der Waals surface area contributed by atoms with Gasteiger partial charge in [0.2, 0.25) is 5.91 Å². The van der Waals surface area contributed by atoms with Crippen molar-refractivity contribution in [1.29, 1.82) is 0 Å². The maximum atomic E-state index is 11.8. The zero-order valence-corrected chi connectivity index (χ0v) is 10.6. The molecule has 6 nitrogen and oxygen atoms in total. The number of hydrazine groups is 1. The van der Waals surface area contributed by atoms with Crippen molar-refractivity contribution in [2.24, 2.45) is 5.92 Å². The molecular formula is C12H17N3O3. The molecule has 0 radical (unpaired) electrons. The third kappa shape index (κ3) is 3.38. The van der Waals surface area contributed by atoms with Crippen LogP contribution in [0.5, 0.6) is 5.75 Å². The number of carbonyl (C=O) groups excluding carboxylic acids is 2. The predicted molar refractivity (Wildman–Crippen MR) is 67.9 cm³/mol. The van der Waals surface area contributed by atoms with Crippen LogP contribution in [0.1, 0.15) is 24.2 Å². The number of hydrogen-bond donors (Lipinski definition) is 3. The SMILES string of the molecule is COc1ccc(N)cc1C(=O)NNC(=O)C(C)C. The third-order valence-corrected chi connectivity index (χ3v) is 2.29. The molecule has 0 heterocycles. The molecule has 98 valence electrons. The lowest BCUT2D eigenvalue weighted by molar-refractivity contribution is -0.124. The van der Waals surface area contributed by atoms with Crippen LogP contribution in [0.25, 0.3) is 0 Å². The van der Waals surface area contributed by atoms with Crippen molar-refractivity contribution < 1.29 is 14.3 Å². The number of carbonyl (C=O) groups is 2. The van der Waals surface area contributed by atoms with E-state index in [9.17, 15) is 9.59 Å². The van der Waals surface area contributed by atoms with E-state index in [2.05, 4.69) is 10.9 Å². The zero-order valence-electron chi connectivity index (χ0n) is 10.6. The van der Waals surface area contributed by atoms with Crippen molar-refractivity contribution in [1.82, 2.24) is 10.9 Å². The molecule has 0 saturated carbocycles. The smallest absolute Gasteiger partial charge is 0.273 e. The van der Waals surface area contributed by atoms with Gasteiger partial charge in [-0.15, -0.1) is 0 Å². The van der Waals surface area contributed by atoms with Crippen molar-refractivity contribution >= 4 is 17.5 Å². The molecule has 0 aliphatic rings. The number of nitrogens with two attached hydrogens (primary N) is 1. The molecule has 0 bridgehead atoms. The van der Waals surface area contributed by atoms with Crippen LogP contribution in [-0.2, 0) is 4.79 Å². The molecule has 18 heavy (non-hydrogen) atoms. The van der Waals surface area contributed by atoms with Gasteiger partial charge in [-0.05, 0) is 18.2 Å². The first-order valence-corrected chi connectivity index (χ1v) is 5.49. The van der Waals surface area contributed by atoms with E-state index >= 15 is 0 Å². The summed E-state index contributed by atoms with van der Waals surface area (Å²) in [6.45, 7) is 3.45. The summed E-state index contributed by atoms with van der Waals surface area (Å²) in [6.07, 6.45) is 0. The Kier molecular flexibility index (Phi) is 4.53. The van der Waals surface area contributed by atoms with Gasteiger partial charge in [-0.25, -0.2) is 0 Å². The average molecular weight is 251 g/mol. The summed E-state index contributed by atoms with van der Waals surface area (Å²) in [4.78, 5) is 23.2. The second-order valence-electron chi connectivity index (χ2n) is 4.06. The van der Waals surface area contributed by atoms with Gasteiger partial charge in [-0.3, -0.25) is 20.4 Å². The van der Waals surface area contributed by atoms with Crippen LogP contribution >= 0.6 is 0 Å². The van der Waals surface area contributed by atoms with Gasteiger partial charge < -0.3 is 10.5 Å². The largest absolute Gasteiger partial charge is 0.496 e. The van der Waals surface area contributed by atoms with E-state index in [0.29, 0.717) is 11.4 Å². The second kappa shape index (κ2) is 5.90. The highest BCUT2D eigenvalue weighted by atomic mass is 16.5. The topological polar surface area (TPSA) is 93.4 Å². The molecule has 0 aliphatic carbocycles. The standard InChI is InChI=1S/C12H17N3O3/c1-7(2)11(16)14-15-12(17)9-6-8(13)4-5-10(9)18-3/h4-7H,13H2,1-3H3,(H,14,16)(H,15,17). The molecule has 0 fully saturated rings. The first-order valence-electron chi connectivity index (χ1n) is 5.49. The number of nitrogen functional groups attached to an aromatic ring is 1. The Balaban J connectivity index is 2.78.